The maximum Gasteiger partial charge on any atom is 0.274 e. The van der Waals surface area contributed by atoms with E-state index >= 15 is 0 Å². The van der Waals surface area contributed by atoms with Gasteiger partial charge in [0, 0.05) is 23.6 Å². The van der Waals surface area contributed by atoms with Crippen LogP contribution >= 0.6 is 0 Å². The summed E-state index contributed by atoms with van der Waals surface area (Å²) < 4.78 is 15.8. The lowest BCUT2D eigenvalue weighted by Gasteiger charge is -2.12. The summed E-state index contributed by atoms with van der Waals surface area (Å²) in [5.41, 5.74) is 2.36. The van der Waals surface area contributed by atoms with E-state index in [1.54, 1.807) is 50.7 Å². The molecule has 0 saturated carbocycles. The summed E-state index contributed by atoms with van der Waals surface area (Å²) in [6.07, 6.45) is 1.57. The zero-order chi connectivity index (χ0) is 19.9. The third-order valence-corrected chi connectivity index (χ3v) is 4.02. The minimum Gasteiger partial charge on any atom is -0.495 e. The van der Waals surface area contributed by atoms with Crippen molar-refractivity contribution in [1.29, 1.82) is 0 Å². The van der Waals surface area contributed by atoms with E-state index in [2.05, 4.69) is 15.6 Å². The van der Waals surface area contributed by atoms with Crippen molar-refractivity contribution in [2.24, 2.45) is 0 Å². The smallest absolute Gasteiger partial charge is 0.274 e. The second-order valence-electron chi connectivity index (χ2n) is 5.78. The van der Waals surface area contributed by atoms with E-state index in [4.69, 9.17) is 14.2 Å². The number of ether oxygens (including phenoxy) is 3. The van der Waals surface area contributed by atoms with Crippen LogP contribution in [0.15, 0.2) is 60.8 Å². The van der Waals surface area contributed by atoms with Crippen molar-refractivity contribution in [3.8, 4) is 17.2 Å². The number of pyridine rings is 1. The Balaban J connectivity index is 1.77. The van der Waals surface area contributed by atoms with Crippen LogP contribution in [0.25, 0.3) is 0 Å². The number of hydrogen-bond acceptors (Lipinski definition) is 6. The van der Waals surface area contributed by atoms with Gasteiger partial charge in [0.1, 0.15) is 11.4 Å². The van der Waals surface area contributed by atoms with Crippen molar-refractivity contribution in [3.63, 3.8) is 0 Å². The molecule has 0 aliphatic carbocycles. The highest BCUT2D eigenvalue weighted by molar-refractivity contribution is 6.03. The lowest BCUT2D eigenvalue weighted by Crippen LogP contribution is -2.14. The van der Waals surface area contributed by atoms with Crippen molar-refractivity contribution < 1.29 is 19.0 Å². The minimum absolute atomic E-state index is 0.273. The monoisotopic (exact) mass is 379 g/mol. The van der Waals surface area contributed by atoms with Gasteiger partial charge in [0.15, 0.2) is 11.5 Å². The molecule has 0 fully saturated rings. The second kappa shape index (κ2) is 8.77. The Morgan fingerprint density at radius 2 is 1.57 bits per heavy atom. The predicted molar refractivity (Wildman–Crippen MR) is 108 cm³/mol. The SMILES string of the molecule is COc1ccccc1Nc1ccnc(C(=O)Nc2ccc(OC)c(OC)c2)c1. The molecule has 7 heteroatoms. The lowest BCUT2D eigenvalue weighted by atomic mass is 10.2. The fraction of sp³-hybridized carbons (Fsp3) is 0.143. The van der Waals surface area contributed by atoms with Crippen LogP contribution in [0.4, 0.5) is 17.1 Å². The van der Waals surface area contributed by atoms with Crippen molar-refractivity contribution in [2.45, 2.75) is 0 Å². The lowest BCUT2D eigenvalue weighted by molar-refractivity contribution is 0.102. The molecule has 7 nitrogen and oxygen atoms in total. The molecule has 0 saturated heterocycles. The molecule has 1 aromatic heterocycles. The van der Waals surface area contributed by atoms with Crippen LogP contribution in [0.3, 0.4) is 0 Å². The molecule has 144 valence electrons. The first-order valence-electron chi connectivity index (χ1n) is 8.54. The van der Waals surface area contributed by atoms with Crippen molar-refractivity contribution >= 4 is 23.0 Å². The molecule has 0 spiro atoms. The van der Waals surface area contributed by atoms with Gasteiger partial charge >= 0.3 is 0 Å². The van der Waals surface area contributed by atoms with E-state index in [1.165, 1.54) is 7.11 Å². The maximum atomic E-state index is 12.6. The molecule has 2 aromatic carbocycles. The predicted octanol–water partition coefficient (Wildman–Crippen LogP) is 4.10. The Morgan fingerprint density at radius 3 is 2.32 bits per heavy atom. The van der Waals surface area contributed by atoms with Gasteiger partial charge < -0.3 is 24.8 Å². The Hall–Kier alpha value is -3.74. The normalized spacial score (nSPS) is 10.1. The van der Waals surface area contributed by atoms with Gasteiger partial charge in [0.2, 0.25) is 0 Å². The number of hydrogen-bond donors (Lipinski definition) is 2. The summed E-state index contributed by atoms with van der Waals surface area (Å²) in [4.78, 5) is 16.8. The molecular weight excluding hydrogens is 358 g/mol. The van der Waals surface area contributed by atoms with Crippen LogP contribution in [-0.4, -0.2) is 32.2 Å². The minimum atomic E-state index is -0.337. The summed E-state index contributed by atoms with van der Waals surface area (Å²) >= 11 is 0. The molecule has 1 amide bonds. The zero-order valence-corrected chi connectivity index (χ0v) is 15.9. The number of carbonyl (C=O) groups is 1. The summed E-state index contributed by atoms with van der Waals surface area (Å²) in [6.45, 7) is 0. The average molecular weight is 379 g/mol. The molecule has 0 unspecified atom stereocenters. The van der Waals surface area contributed by atoms with E-state index in [9.17, 15) is 4.79 Å². The van der Waals surface area contributed by atoms with E-state index in [0.29, 0.717) is 22.9 Å². The quantitative estimate of drug-likeness (QED) is 0.643. The van der Waals surface area contributed by atoms with Crippen LogP contribution in [0.5, 0.6) is 17.2 Å². The van der Waals surface area contributed by atoms with Gasteiger partial charge in [0.05, 0.1) is 27.0 Å². The first kappa shape index (κ1) is 19.0. The number of carbonyl (C=O) groups excluding carboxylic acids is 1. The average Bonchev–Trinajstić information content (AvgIpc) is 2.74. The van der Waals surface area contributed by atoms with Gasteiger partial charge in [0.25, 0.3) is 5.91 Å². The van der Waals surface area contributed by atoms with E-state index < -0.39 is 0 Å². The molecule has 0 aliphatic rings. The highest BCUT2D eigenvalue weighted by Crippen LogP contribution is 2.30. The van der Waals surface area contributed by atoms with Crippen molar-refractivity contribution in [3.05, 3.63) is 66.5 Å². The van der Waals surface area contributed by atoms with Crippen molar-refractivity contribution in [1.82, 2.24) is 4.98 Å². The number of nitrogens with zero attached hydrogens (tertiary/aromatic N) is 1. The summed E-state index contributed by atoms with van der Waals surface area (Å²) in [5, 5.41) is 6.04. The largest absolute Gasteiger partial charge is 0.495 e. The number of anilines is 3. The Bertz CT molecular complexity index is 975. The van der Waals surface area contributed by atoms with Gasteiger partial charge in [-0.3, -0.25) is 9.78 Å². The summed E-state index contributed by atoms with van der Waals surface area (Å²) in [5.74, 6) is 1.48. The molecular formula is C21H21N3O4. The van der Waals surface area contributed by atoms with Crippen LogP contribution in [0.1, 0.15) is 10.5 Å². The molecule has 0 atom stereocenters. The molecule has 0 aliphatic heterocycles. The van der Waals surface area contributed by atoms with Gasteiger partial charge in [-0.05, 0) is 36.4 Å². The molecule has 3 rings (SSSR count). The number of benzene rings is 2. The van der Waals surface area contributed by atoms with E-state index in [1.807, 2.05) is 24.3 Å². The maximum absolute atomic E-state index is 12.6. The first-order chi connectivity index (χ1) is 13.6. The zero-order valence-electron chi connectivity index (χ0n) is 15.9. The number of nitrogens with one attached hydrogen (secondary N) is 2. The van der Waals surface area contributed by atoms with E-state index in [0.717, 1.165) is 11.4 Å². The molecule has 2 N–H and O–H groups in total. The fourth-order valence-electron chi connectivity index (χ4n) is 2.64. The third kappa shape index (κ3) is 4.32. The Kier molecular flexibility index (Phi) is 5.96. The van der Waals surface area contributed by atoms with Crippen LogP contribution in [-0.2, 0) is 0 Å². The summed E-state index contributed by atoms with van der Waals surface area (Å²) in [7, 11) is 4.70. The number of aromatic nitrogens is 1. The van der Waals surface area contributed by atoms with Crippen LogP contribution in [0.2, 0.25) is 0 Å². The molecule has 0 bridgehead atoms. The number of para-hydroxylation sites is 2. The second-order valence-corrected chi connectivity index (χ2v) is 5.78. The highest BCUT2D eigenvalue weighted by Gasteiger charge is 2.12. The highest BCUT2D eigenvalue weighted by atomic mass is 16.5. The van der Waals surface area contributed by atoms with Crippen molar-refractivity contribution in [2.75, 3.05) is 32.0 Å². The van der Waals surface area contributed by atoms with Crippen LogP contribution < -0.4 is 24.8 Å². The van der Waals surface area contributed by atoms with Gasteiger partial charge in [-0.1, -0.05) is 12.1 Å². The third-order valence-electron chi connectivity index (χ3n) is 4.02. The Labute approximate surface area is 163 Å². The fourth-order valence-corrected chi connectivity index (χ4v) is 2.64. The van der Waals surface area contributed by atoms with Gasteiger partial charge in [-0.2, -0.15) is 0 Å². The molecule has 1 heterocycles. The van der Waals surface area contributed by atoms with Gasteiger partial charge in [-0.25, -0.2) is 0 Å². The number of methoxy groups -OCH3 is 3. The molecule has 3 aromatic rings. The molecule has 28 heavy (non-hydrogen) atoms. The summed E-state index contributed by atoms with van der Waals surface area (Å²) in [6, 6.07) is 16.1. The number of rotatable bonds is 7. The molecule has 0 radical (unpaired) electrons. The van der Waals surface area contributed by atoms with E-state index in [-0.39, 0.29) is 11.6 Å². The standard InChI is InChI=1S/C21H21N3O4/c1-26-18-7-5-4-6-16(18)23-15-10-11-22-17(12-15)21(25)24-14-8-9-19(27-2)20(13-14)28-3/h4-13H,1-3H3,(H,22,23)(H,24,25). The Morgan fingerprint density at radius 1 is 0.821 bits per heavy atom. The number of amides is 1. The first-order valence-corrected chi connectivity index (χ1v) is 8.54. The topological polar surface area (TPSA) is 81.7 Å². The van der Waals surface area contributed by atoms with Crippen LogP contribution in [0, 0.1) is 0 Å². The van der Waals surface area contributed by atoms with Gasteiger partial charge in [-0.15, -0.1) is 0 Å².